The summed E-state index contributed by atoms with van der Waals surface area (Å²) in [5.74, 6) is -1.59. The largest absolute Gasteiger partial charge is 0.508 e. The first-order valence-electron chi connectivity index (χ1n) is 5.08. The molecule has 1 aromatic carbocycles. The molecule has 16 heavy (non-hydrogen) atoms. The van der Waals surface area contributed by atoms with Crippen LogP contribution in [0.1, 0.15) is 27.9 Å². The van der Waals surface area contributed by atoms with Gasteiger partial charge in [0.15, 0.2) is 5.78 Å². The van der Waals surface area contributed by atoms with Gasteiger partial charge in [0.1, 0.15) is 5.75 Å². The Bertz CT molecular complexity index is 476. The molecule has 0 saturated heterocycles. The van der Waals surface area contributed by atoms with Crippen molar-refractivity contribution in [3.8, 4) is 5.75 Å². The maximum atomic E-state index is 11.9. The number of phenolic OH excluding ortho intramolecular Hbond substituents is 1. The number of carbonyl (C=O) groups excluding carboxylic acids is 1. The number of hydrogen-bond donors (Lipinski definition) is 2. The number of aryl methyl sites for hydroxylation is 1. The van der Waals surface area contributed by atoms with Crippen molar-refractivity contribution in [1.82, 2.24) is 0 Å². The highest BCUT2D eigenvalue weighted by Gasteiger charge is 2.34. The number of hydrogen-bond acceptors (Lipinski definition) is 3. The van der Waals surface area contributed by atoms with Crippen molar-refractivity contribution in [3.63, 3.8) is 0 Å². The molecule has 4 heteroatoms. The lowest BCUT2D eigenvalue weighted by Crippen LogP contribution is -2.14. The molecule has 0 unspecified atom stereocenters. The highest BCUT2D eigenvalue weighted by atomic mass is 16.4. The van der Waals surface area contributed by atoms with E-state index in [0.717, 1.165) is 5.56 Å². The number of fused-ring (bicyclic) bond motifs is 1. The van der Waals surface area contributed by atoms with Gasteiger partial charge in [-0.1, -0.05) is 6.07 Å². The molecule has 1 aliphatic carbocycles. The minimum atomic E-state index is -0.983. The summed E-state index contributed by atoms with van der Waals surface area (Å²) < 4.78 is 0. The molecule has 0 aliphatic heterocycles. The van der Waals surface area contributed by atoms with Crippen molar-refractivity contribution in [1.29, 1.82) is 0 Å². The van der Waals surface area contributed by atoms with E-state index in [-0.39, 0.29) is 18.0 Å². The summed E-state index contributed by atoms with van der Waals surface area (Å²) in [6.45, 7) is 1.79. The van der Waals surface area contributed by atoms with Crippen LogP contribution in [0.25, 0.3) is 0 Å². The van der Waals surface area contributed by atoms with Gasteiger partial charge in [-0.3, -0.25) is 9.59 Å². The fraction of sp³-hybridized carbons (Fsp3) is 0.333. The quantitative estimate of drug-likeness (QED) is 0.792. The maximum absolute atomic E-state index is 11.9. The average Bonchev–Trinajstić information content (AvgIpc) is 2.51. The molecule has 1 aromatic rings. The van der Waals surface area contributed by atoms with Gasteiger partial charge in [-0.25, -0.2) is 0 Å². The van der Waals surface area contributed by atoms with E-state index in [1.54, 1.807) is 19.1 Å². The zero-order valence-electron chi connectivity index (χ0n) is 8.86. The molecular weight excluding hydrogens is 208 g/mol. The van der Waals surface area contributed by atoms with Crippen molar-refractivity contribution in [2.24, 2.45) is 5.92 Å². The average molecular weight is 220 g/mol. The van der Waals surface area contributed by atoms with E-state index in [0.29, 0.717) is 17.5 Å². The molecule has 0 amide bonds. The number of ketones is 1. The number of aliphatic carboxylic acids is 1. The van der Waals surface area contributed by atoms with Crippen molar-refractivity contribution in [2.75, 3.05) is 0 Å². The normalized spacial score (nSPS) is 18.6. The molecule has 2 N–H and O–H groups in total. The second-order valence-corrected chi connectivity index (χ2v) is 4.12. The van der Waals surface area contributed by atoms with Crippen LogP contribution in [0.15, 0.2) is 12.1 Å². The molecule has 0 radical (unpaired) electrons. The van der Waals surface area contributed by atoms with E-state index in [4.69, 9.17) is 5.11 Å². The van der Waals surface area contributed by atoms with E-state index in [1.807, 2.05) is 0 Å². The Morgan fingerprint density at radius 1 is 1.50 bits per heavy atom. The number of carboxylic acid groups (broad SMARTS) is 1. The van der Waals surface area contributed by atoms with Gasteiger partial charge in [0, 0.05) is 17.0 Å². The third-order valence-corrected chi connectivity index (χ3v) is 2.99. The topological polar surface area (TPSA) is 74.6 Å². The molecular formula is C12H12O4. The second-order valence-electron chi connectivity index (χ2n) is 4.12. The summed E-state index contributed by atoms with van der Waals surface area (Å²) >= 11 is 0. The van der Waals surface area contributed by atoms with Crippen molar-refractivity contribution in [2.45, 2.75) is 19.8 Å². The molecule has 0 spiro atoms. The predicted octanol–water partition coefficient (Wildman–Crippen LogP) is 1.53. The van der Waals surface area contributed by atoms with Crippen molar-refractivity contribution >= 4 is 11.8 Å². The fourth-order valence-electron chi connectivity index (χ4n) is 2.22. The monoisotopic (exact) mass is 220 g/mol. The summed E-state index contributed by atoms with van der Waals surface area (Å²) in [6.07, 6.45) is 0.153. The van der Waals surface area contributed by atoms with Gasteiger partial charge in [-0.2, -0.15) is 0 Å². The van der Waals surface area contributed by atoms with E-state index in [9.17, 15) is 14.7 Å². The number of Topliss-reactive ketones (excluding diaryl/α,β-unsaturated/α-hetero) is 1. The Labute approximate surface area is 92.5 Å². The molecule has 0 bridgehead atoms. The first-order valence-corrected chi connectivity index (χ1v) is 5.08. The third kappa shape index (κ3) is 1.56. The number of carboxylic acids is 1. The van der Waals surface area contributed by atoms with Crippen molar-refractivity contribution in [3.05, 3.63) is 28.8 Å². The Kier molecular flexibility index (Phi) is 2.42. The lowest BCUT2D eigenvalue weighted by Gasteiger charge is -2.03. The third-order valence-electron chi connectivity index (χ3n) is 2.99. The minimum Gasteiger partial charge on any atom is -0.508 e. The van der Waals surface area contributed by atoms with Gasteiger partial charge in [0.25, 0.3) is 0 Å². The lowest BCUT2D eigenvalue weighted by atomic mass is 10.00. The number of carbonyl (C=O) groups is 2. The summed E-state index contributed by atoms with van der Waals surface area (Å²) in [5.41, 5.74) is 1.90. The van der Waals surface area contributed by atoms with E-state index < -0.39 is 11.9 Å². The Hall–Kier alpha value is -1.84. The van der Waals surface area contributed by atoms with Gasteiger partial charge >= 0.3 is 5.97 Å². The van der Waals surface area contributed by atoms with Crippen LogP contribution in [0.4, 0.5) is 0 Å². The first kappa shape index (κ1) is 10.7. The van der Waals surface area contributed by atoms with Gasteiger partial charge in [0.05, 0.1) is 6.42 Å². The van der Waals surface area contributed by atoms with Gasteiger partial charge in [-0.15, -0.1) is 0 Å². The Morgan fingerprint density at radius 3 is 2.75 bits per heavy atom. The smallest absolute Gasteiger partial charge is 0.304 e. The minimum absolute atomic E-state index is 0.0850. The molecule has 1 aliphatic rings. The van der Waals surface area contributed by atoms with Gasteiger partial charge < -0.3 is 10.2 Å². The Morgan fingerprint density at radius 2 is 2.19 bits per heavy atom. The summed E-state index contributed by atoms with van der Waals surface area (Å²) in [5, 5.41) is 18.3. The molecule has 2 rings (SSSR count). The van der Waals surface area contributed by atoms with Crippen LogP contribution < -0.4 is 0 Å². The van der Waals surface area contributed by atoms with Crippen LogP contribution in [0.3, 0.4) is 0 Å². The highest BCUT2D eigenvalue weighted by molar-refractivity contribution is 6.05. The van der Waals surface area contributed by atoms with Gasteiger partial charge in [0.2, 0.25) is 0 Å². The van der Waals surface area contributed by atoms with Crippen LogP contribution in [0.2, 0.25) is 0 Å². The summed E-state index contributed by atoms with van der Waals surface area (Å²) in [4.78, 5) is 22.5. The van der Waals surface area contributed by atoms with Crippen LogP contribution in [-0.4, -0.2) is 22.0 Å². The summed E-state index contributed by atoms with van der Waals surface area (Å²) in [7, 11) is 0. The number of aromatic hydroxyl groups is 1. The fourth-order valence-corrected chi connectivity index (χ4v) is 2.22. The van der Waals surface area contributed by atoms with Gasteiger partial charge in [-0.05, 0) is 25.0 Å². The molecule has 1 atom stereocenters. The van der Waals surface area contributed by atoms with Crippen LogP contribution in [-0.2, 0) is 11.2 Å². The lowest BCUT2D eigenvalue weighted by molar-refractivity contribution is -0.137. The van der Waals surface area contributed by atoms with Crippen LogP contribution >= 0.6 is 0 Å². The SMILES string of the molecule is Cc1ccc(O)c2c1C(=O)[C@@H](CC(=O)O)C2. The number of benzene rings is 1. The standard InChI is InChI=1S/C12H12O4/c1-6-2-3-9(13)8-4-7(5-10(14)15)12(16)11(6)8/h2-3,7,13H,4-5H2,1H3,(H,14,15)/t7-/m1/s1. The van der Waals surface area contributed by atoms with E-state index in [1.165, 1.54) is 0 Å². The summed E-state index contributed by atoms with van der Waals surface area (Å²) in [6, 6.07) is 3.22. The number of phenols is 1. The molecule has 0 fully saturated rings. The molecule has 0 saturated carbocycles. The molecule has 4 nitrogen and oxygen atoms in total. The maximum Gasteiger partial charge on any atom is 0.304 e. The van der Waals surface area contributed by atoms with E-state index in [2.05, 4.69) is 0 Å². The Balaban J connectivity index is 2.42. The number of rotatable bonds is 2. The van der Waals surface area contributed by atoms with Crippen molar-refractivity contribution < 1.29 is 19.8 Å². The van der Waals surface area contributed by atoms with E-state index >= 15 is 0 Å². The second kappa shape index (κ2) is 3.63. The van der Waals surface area contributed by atoms with Crippen LogP contribution in [0, 0.1) is 12.8 Å². The molecule has 0 heterocycles. The zero-order valence-corrected chi connectivity index (χ0v) is 8.86. The van der Waals surface area contributed by atoms with Crippen LogP contribution in [0.5, 0.6) is 5.75 Å². The molecule has 84 valence electrons. The first-order chi connectivity index (χ1) is 7.50. The predicted molar refractivity (Wildman–Crippen MR) is 56.6 cm³/mol. The highest BCUT2D eigenvalue weighted by Crippen LogP contribution is 2.36. The zero-order chi connectivity index (χ0) is 11.9. The molecule has 0 aromatic heterocycles.